The Bertz CT molecular complexity index is 633. The molecule has 4 heteroatoms. The van der Waals surface area contributed by atoms with Crippen molar-refractivity contribution in [1.29, 1.82) is 0 Å². The van der Waals surface area contributed by atoms with Crippen LogP contribution >= 0.6 is 0 Å². The van der Waals surface area contributed by atoms with Crippen molar-refractivity contribution in [2.24, 2.45) is 5.10 Å². The van der Waals surface area contributed by atoms with Crippen LogP contribution in [0.4, 0.5) is 5.69 Å². The molecule has 2 rings (SSSR count). The molecule has 0 fully saturated rings. The zero-order valence-corrected chi connectivity index (χ0v) is 13.2. The van der Waals surface area contributed by atoms with Crippen LogP contribution in [0.5, 0.6) is 0 Å². The number of benzene rings is 2. The third-order valence-electron chi connectivity index (χ3n) is 3.44. The Morgan fingerprint density at radius 2 is 1.73 bits per heavy atom. The smallest absolute Gasteiger partial charge is 0.271 e. The van der Waals surface area contributed by atoms with Crippen molar-refractivity contribution in [3.8, 4) is 0 Å². The first-order chi connectivity index (χ1) is 10.6. The van der Waals surface area contributed by atoms with Crippen molar-refractivity contribution in [1.82, 2.24) is 5.43 Å². The predicted octanol–water partition coefficient (Wildman–Crippen LogP) is 3.27. The molecule has 0 aliphatic carbocycles. The quantitative estimate of drug-likeness (QED) is 0.679. The Hall–Kier alpha value is -2.62. The first-order valence-electron chi connectivity index (χ1n) is 7.24. The topological polar surface area (TPSA) is 44.7 Å². The summed E-state index contributed by atoms with van der Waals surface area (Å²) in [6.45, 7) is 2.04. The Balaban J connectivity index is 1.93. The summed E-state index contributed by atoms with van der Waals surface area (Å²) >= 11 is 0. The van der Waals surface area contributed by atoms with E-state index in [0.717, 1.165) is 11.3 Å². The van der Waals surface area contributed by atoms with Gasteiger partial charge < -0.3 is 4.90 Å². The summed E-state index contributed by atoms with van der Waals surface area (Å²) in [6, 6.07) is 17.4. The van der Waals surface area contributed by atoms with E-state index < -0.39 is 0 Å². The van der Waals surface area contributed by atoms with Crippen LogP contribution in [0.1, 0.15) is 28.8 Å². The fourth-order valence-corrected chi connectivity index (χ4v) is 2.03. The molecule has 1 amide bonds. The van der Waals surface area contributed by atoms with E-state index >= 15 is 0 Å². The summed E-state index contributed by atoms with van der Waals surface area (Å²) in [7, 11) is 3.93. The van der Waals surface area contributed by atoms with Crippen LogP contribution in [0.15, 0.2) is 59.7 Å². The van der Waals surface area contributed by atoms with Crippen molar-refractivity contribution in [2.75, 3.05) is 19.0 Å². The highest BCUT2D eigenvalue weighted by Gasteiger charge is 2.05. The van der Waals surface area contributed by atoms with E-state index in [1.54, 1.807) is 18.3 Å². The number of hydrogen-bond acceptors (Lipinski definition) is 3. The molecule has 1 atom stereocenters. The van der Waals surface area contributed by atoms with Gasteiger partial charge in [0, 0.05) is 37.5 Å². The molecule has 0 bridgehead atoms. The molecule has 2 aromatic rings. The summed E-state index contributed by atoms with van der Waals surface area (Å²) in [4.78, 5) is 14.0. The molecular formula is C18H21N3O. The van der Waals surface area contributed by atoms with Gasteiger partial charge in [-0.15, -0.1) is 0 Å². The van der Waals surface area contributed by atoms with Gasteiger partial charge in [0.05, 0.1) is 0 Å². The lowest BCUT2D eigenvalue weighted by atomic mass is 10.0. The van der Waals surface area contributed by atoms with Gasteiger partial charge in [-0.05, 0) is 29.8 Å². The Morgan fingerprint density at radius 3 is 2.32 bits per heavy atom. The summed E-state index contributed by atoms with van der Waals surface area (Å²) in [5.74, 6) is -0.0561. The zero-order valence-electron chi connectivity index (χ0n) is 13.2. The van der Waals surface area contributed by atoms with Gasteiger partial charge in [-0.2, -0.15) is 5.10 Å². The van der Waals surface area contributed by atoms with Gasteiger partial charge in [-0.3, -0.25) is 4.79 Å². The molecular weight excluding hydrogens is 274 g/mol. The number of hydrogen-bond donors (Lipinski definition) is 1. The average Bonchev–Trinajstić information content (AvgIpc) is 2.55. The van der Waals surface area contributed by atoms with Crippen LogP contribution < -0.4 is 10.3 Å². The fraction of sp³-hybridized carbons (Fsp3) is 0.222. The zero-order chi connectivity index (χ0) is 15.9. The molecule has 0 radical (unpaired) electrons. The third kappa shape index (κ3) is 4.19. The lowest BCUT2D eigenvalue weighted by molar-refractivity contribution is 0.0955. The Kier molecular flexibility index (Phi) is 5.31. The van der Waals surface area contributed by atoms with Gasteiger partial charge in [0.15, 0.2) is 0 Å². The molecule has 0 aliphatic rings. The monoisotopic (exact) mass is 295 g/mol. The number of nitrogens with zero attached hydrogens (tertiary/aromatic N) is 2. The second-order valence-electron chi connectivity index (χ2n) is 5.36. The summed E-state index contributed by atoms with van der Waals surface area (Å²) in [5, 5.41) is 4.05. The SMILES string of the molecule is CC(/C=N/NC(=O)c1ccc(N(C)C)cc1)c1ccccc1. The number of hydrazone groups is 1. The highest BCUT2D eigenvalue weighted by molar-refractivity contribution is 5.94. The number of nitrogens with one attached hydrogen (secondary N) is 1. The number of carbonyl (C=O) groups excluding carboxylic acids is 1. The van der Waals surface area contributed by atoms with E-state index in [1.165, 1.54) is 0 Å². The van der Waals surface area contributed by atoms with E-state index in [-0.39, 0.29) is 11.8 Å². The van der Waals surface area contributed by atoms with E-state index in [2.05, 4.69) is 10.5 Å². The highest BCUT2D eigenvalue weighted by atomic mass is 16.2. The lowest BCUT2D eigenvalue weighted by Gasteiger charge is -2.12. The molecule has 0 aliphatic heterocycles. The molecule has 22 heavy (non-hydrogen) atoms. The van der Waals surface area contributed by atoms with Gasteiger partial charge in [0.1, 0.15) is 0 Å². The minimum atomic E-state index is -0.207. The van der Waals surface area contributed by atoms with Crippen molar-refractivity contribution in [3.05, 3.63) is 65.7 Å². The van der Waals surface area contributed by atoms with Crippen molar-refractivity contribution < 1.29 is 4.79 Å². The van der Waals surface area contributed by atoms with Gasteiger partial charge in [-0.1, -0.05) is 37.3 Å². The molecule has 1 N–H and O–H groups in total. The van der Waals surface area contributed by atoms with E-state index in [1.807, 2.05) is 68.4 Å². The second kappa shape index (κ2) is 7.41. The van der Waals surface area contributed by atoms with E-state index in [0.29, 0.717) is 5.56 Å². The number of rotatable bonds is 5. The van der Waals surface area contributed by atoms with Crippen molar-refractivity contribution >= 4 is 17.8 Å². The summed E-state index contributed by atoms with van der Waals surface area (Å²) in [5.41, 5.74) is 5.37. The normalized spacial score (nSPS) is 12.1. The largest absolute Gasteiger partial charge is 0.378 e. The maximum absolute atomic E-state index is 12.0. The molecule has 1 unspecified atom stereocenters. The first-order valence-corrected chi connectivity index (χ1v) is 7.24. The van der Waals surface area contributed by atoms with Crippen molar-refractivity contribution in [3.63, 3.8) is 0 Å². The van der Waals surface area contributed by atoms with Gasteiger partial charge in [0.2, 0.25) is 0 Å². The molecule has 0 saturated carbocycles. The molecule has 0 saturated heterocycles. The molecule has 0 spiro atoms. The van der Waals surface area contributed by atoms with Crippen LogP contribution in [-0.4, -0.2) is 26.2 Å². The molecule has 0 heterocycles. The van der Waals surface area contributed by atoms with Crippen LogP contribution in [0, 0.1) is 0 Å². The minimum absolute atomic E-state index is 0.151. The Morgan fingerprint density at radius 1 is 1.09 bits per heavy atom. The average molecular weight is 295 g/mol. The third-order valence-corrected chi connectivity index (χ3v) is 3.44. The second-order valence-corrected chi connectivity index (χ2v) is 5.36. The standard InChI is InChI=1S/C18H21N3O/c1-14(15-7-5-4-6-8-15)13-19-20-18(22)16-9-11-17(12-10-16)21(2)3/h4-14H,1-3H3,(H,20,22)/b19-13+. The van der Waals surface area contributed by atoms with E-state index in [4.69, 9.17) is 0 Å². The van der Waals surface area contributed by atoms with Crippen LogP contribution in [0.25, 0.3) is 0 Å². The van der Waals surface area contributed by atoms with Gasteiger partial charge in [-0.25, -0.2) is 5.43 Å². The van der Waals surface area contributed by atoms with E-state index in [9.17, 15) is 4.79 Å². The molecule has 114 valence electrons. The maximum Gasteiger partial charge on any atom is 0.271 e. The minimum Gasteiger partial charge on any atom is -0.378 e. The fourth-order valence-electron chi connectivity index (χ4n) is 2.03. The Labute approximate surface area is 131 Å². The summed E-state index contributed by atoms with van der Waals surface area (Å²) < 4.78 is 0. The number of amides is 1. The molecule has 4 nitrogen and oxygen atoms in total. The highest BCUT2D eigenvalue weighted by Crippen LogP contribution is 2.13. The van der Waals surface area contributed by atoms with Gasteiger partial charge >= 0.3 is 0 Å². The summed E-state index contributed by atoms with van der Waals surface area (Å²) in [6.07, 6.45) is 1.74. The predicted molar refractivity (Wildman–Crippen MR) is 91.6 cm³/mol. The first kappa shape index (κ1) is 15.8. The number of anilines is 1. The maximum atomic E-state index is 12.0. The molecule has 2 aromatic carbocycles. The van der Waals surface area contributed by atoms with Crippen LogP contribution in [0.2, 0.25) is 0 Å². The van der Waals surface area contributed by atoms with Crippen LogP contribution in [0.3, 0.4) is 0 Å². The van der Waals surface area contributed by atoms with Gasteiger partial charge in [0.25, 0.3) is 5.91 Å². The van der Waals surface area contributed by atoms with Crippen LogP contribution in [-0.2, 0) is 0 Å². The number of carbonyl (C=O) groups is 1. The lowest BCUT2D eigenvalue weighted by Crippen LogP contribution is -2.18. The van der Waals surface area contributed by atoms with Crippen molar-refractivity contribution in [2.45, 2.75) is 12.8 Å². The molecule has 0 aromatic heterocycles.